The highest BCUT2D eigenvalue weighted by Crippen LogP contribution is 2.43. The molecule has 0 saturated heterocycles. The topological polar surface area (TPSA) is 158 Å². The Kier molecular flexibility index (Phi) is 9.25. The molecular formula is C24H15BrCl2N4O7. The molecule has 1 N–H and O–H groups in total. The molecule has 0 spiro atoms. The largest absolute Gasteiger partial charge is 0.490 e. The lowest BCUT2D eigenvalue weighted by atomic mass is 10.1. The van der Waals surface area contributed by atoms with Crippen molar-refractivity contribution in [3.63, 3.8) is 0 Å². The van der Waals surface area contributed by atoms with Crippen LogP contribution >= 0.6 is 39.1 Å². The lowest BCUT2D eigenvalue weighted by Crippen LogP contribution is -2.13. The van der Waals surface area contributed by atoms with Crippen LogP contribution < -0.4 is 14.8 Å². The third-order valence-corrected chi connectivity index (χ3v) is 5.90. The monoisotopic (exact) mass is 620 g/mol. The molecule has 0 aliphatic heterocycles. The maximum absolute atomic E-state index is 12.7. The first-order chi connectivity index (χ1) is 18.0. The lowest BCUT2D eigenvalue weighted by Gasteiger charge is -2.14. The molecule has 14 heteroatoms. The van der Waals surface area contributed by atoms with Crippen LogP contribution in [0.1, 0.15) is 12.5 Å². The molecule has 1 amide bonds. The molecule has 194 valence electrons. The number of anilines is 1. The number of amides is 1. The Morgan fingerprint density at radius 1 is 1.11 bits per heavy atom. The number of nitrogens with zero attached hydrogens (tertiary/aromatic N) is 3. The minimum atomic E-state index is -0.808. The third kappa shape index (κ3) is 6.77. The van der Waals surface area contributed by atoms with Gasteiger partial charge in [0.2, 0.25) is 5.75 Å². The molecule has 0 aliphatic carbocycles. The second kappa shape index (κ2) is 12.4. The Labute approximate surface area is 233 Å². The lowest BCUT2D eigenvalue weighted by molar-refractivity contribution is -0.394. The molecule has 0 fully saturated rings. The highest BCUT2D eigenvalue weighted by Gasteiger charge is 2.24. The van der Waals surface area contributed by atoms with Crippen LogP contribution in [0.5, 0.6) is 17.2 Å². The van der Waals surface area contributed by atoms with Crippen LogP contribution in [0.25, 0.3) is 6.08 Å². The summed E-state index contributed by atoms with van der Waals surface area (Å²) in [4.78, 5) is 33.6. The van der Waals surface area contributed by atoms with Crippen LogP contribution in [0.4, 0.5) is 17.1 Å². The van der Waals surface area contributed by atoms with E-state index in [0.717, 1.165) is 18.2 Å². The van der Waals surface area contributed by atoms with E-state index in [9.17, 15) is 30.3 Å². The van der Waals surface area contributed by atoms with Gasteiger partial charge in [-0.25, -0.2) is 0 Å². The molecule has 3 aromatic rings. The zero-order chi connectivity index (χ0) is 28.0. The number of carbonyl (C=O) groups is 1. The maximum atomic E-state index is 12.7. The molecule has 0 heterocycles. The van der Waals surface area contributed by atoms with Crippen molar-refractivity contribution in [3.8, 4) is 23.3 Å². The molecule has 38 heavy (non-hydrogen) atoms. The van der Waals surface area contributed by atoms with Gasteiger partial charge in [0.05, 0.1) is 37.7 Å². The van der Waals surface area contributed by atoms with Gasteiger partial charge in [0, 0.05) is 11.1 Å². The Morgan fingerprint density at radius 3 is 2.47 bits per heavy atom. The first-order valence-corrected chi connectivity index (χ1v) is 12.0. The number of carbonyl (C=O) groups excluding carboxylic acids is 1. The summed E-state index contributed by atoms with van der Waals surface area (Å²) in [5.74, 6) is -0.848. The number of hydrogen-bond acceptors (Lipinski definition) is 8. The quantitative estimate of drug-likeness (QED) is 0.113. The summed E-state index contributed by atoms with van der Waals surface area (Å²) in [6, 6.07) is 12.2. The molecular weight excluding hydrogens is 607 g/mol. The van der Waals surface area contributed by atoms with Gasteiger partial charge < -0.3 is 14.8 Å². The zero-order valence-corrected chi connectivity index (χ0v) is 22.3. The van der Waals surface area contributed by atoms with E-state index in [1.807, 2.05) is 6.07 Å². The second-order valence-electron chi connectivity index (χ2n) is 7.28. The average molecular weight is 622 g/mol. The minimum Gasteiger partial charge on any atom is -0.490 e. The second-order valence-corrected chi connectivity index (χ2v) is 8.98. The maximum Gasteiger partial charge on any atom is 0.318 e. The summed E-state index contributed by atoms with van der Waals surface area (Å²) in [5, 5.41) is 35.2. The fourth-order valence-corrected chi connectivity index (χ4v) is 3.97. The van der Waals surface area contributed by atoms with E-state index < -0.39 is 27.1 Å². The van der Waals surface area contributed by atoms with Crippen molar-refractivity contribution < 1.29 is 24.1 Å². The Morgan fingerprint density at radius 2 is 1.84 bits per heavy atom. The van der Waals surface area contributed by atoms with Gasteiger partial charge in [0.1, 0.15) is 11.6 Å². The zero-order valence-electron chi connectivity index (χ0n) is 19.2. The number of nitro benzene ring substituents is 2. The van der Waals surface area contributed by atoms with Crippen LogP contribution in [0.3, 0.4) is 0 Å². The van der Waals surface area contributed by atoms with Gasteiger partial charge in [-0.15, -0.1) is 0 Å². The summed E-state index contributed by atoms with van der Waals surface area (Å²) in [6.07, 6.45) is 1.29. The molecule has 0 saturated carbocycles. The molecule has 0 aliphatic rings. The number of halogens is 3. The molecule has 0 atom stereocenters. The van der Waals surface area contributed by atoms with Crippen molar-refractivity contribution in [2.45, 2.75) is 6.92 Å². The van der Waals surface area contributed by atoms with E-state index in [2.05, 4.69) is 21.2 Å². The normalized spacial score (nSPS) is 10.9. The van der Waals surface area contributed by atoms with Crippen molar-refractivity contribution >= 4 is 68.2 Å². The minimum absolute atomic E-state index is 0.0367. The third-order valence-electron chi connectivity index (χ3n) is 4.75. The number of nitriles is 1. The van der Waals surface area contributed by atoms with Gasteiger partial charge in [0.25, 0.3) is 11.6 Å². The molecule has 0 unspecified atom stereocenters. The summed E-state index contributed by atoms with van der Waals surface area (Å²) in [7, 11) is 0. The fraction of sp³-hybridized carbons (Fsp3) is 0.0833. The van der Waals surface area contributed by atoms with E-state index in [4.69, 9.17) is 32.7 Å². The van der Waals surface area contributed by atoms with E-state index in [-0.39, 0.29) is 44.6 Å². The predicted molar refractivity (Wildman–Crippen MR) is 144 cm³/mol. The van der Waals surface area contributed by atoms with Crippen molar-refractivity contribution in [2.75, 3.05) is 11.9 Å². The van der Waals surface area contributed by atoms with Gasteiger partial charge in [-0.1, -0.05) is 23.2 Å². The van der Waals surface area contributed by atoms with Crippen molar-refractivity contribution in [3.05, 3.63) is 94.4 Å². The molecule has 3 aromatic carbocycles. The standard InChI is InChI=1S/C24H15BrCl2N4O7/c1-2-37-22-9-13(7-14(12-28)24(32)29-19-10-15(26)3-5-18(19)27)8-17(25)23(22)38-21-6-4-16(30(33)34)11-20(21)31(35)36/h3-11H,2H2,1H3,(H,29,32)/b14-7+. The van der Waals surface area contributed by atoms with Crippen LogP contribution in [0, 0.1) is 31.6 Å². The number of rotatable bonds is 9. The number of hydrogen-bond donors (Lipinski definition) is 1. The van der Waals surface area contributed by atoms with Crippen LogP contribution in [0.2, 0.25) is 10.0 Å². The van der Waals surface area contributed by atoms with Gasteiger partial charge in [0.15, 0.2) is 11.5 Å². The summed E-state index contributed by atoms with van der Waals surface area (Å²) < 4.78 is 11.6. The summed E-state index contributed by atoms with van der Waals surface area (Å²) >= 11 is 15.3. The Balaban J connectivity index is 1.99. The number of benzene rings is 3. The van der Waals surface area contributed by atoms with Crippen molar-refractivity contribution in [1.82, 2.24) is 0 Å². The van der Waals surface area contributed by atoms with Gasteiger partial charge in [-0.2, -0.15) is 5.26 Å². The van der Waals surface area contributed by atoms with E-state index in [1.54, 1.807) is 13.0 Å². The highest BCUT2D eigenvalue weighted by molar-refractivity contribution is 9.10. The Hall–Kier alpha value is -4.18. The van der Waals surface area contributed by atoms with Crippen LogP contribution in [-0.4, -0.2) is 22.4 Å². The number of non-ortho nitro benzene ring substituents is 1. The van der Waals surface area contributed by atoms with Gasteiger partial charge >= 0.3 is 5.69 Å². The Bertz CT molecular complexity index is 1520. The predicted octanol–water partition coefficient (Wildman–Crippen LogP) is 7.31. The first kappa shape index (κ1) is 28.4. The molecule has 11 nitrogen and oxygen atoms in total. The summed E-state index contributed by atoms with van der Waals surface area (Å²) in [5.41, 5.74) is -0.796. The van der Waals surface area contributed by atoms with Gasteiger partial charge in [-0.05, 0) is 70.9 Å². The van der Waals surface area contributed by atoms with Crippen LogP contribution in [-0.2, 0) is 4.79 Å². The van der Waals surface area contributed by atoms with E-state index in [0.29, 0.717) is 10.6 Å². The number of ether oxygens (including phenoxy) is 2. The van der Waals surface area contributed by atoms with Crippen LogP contribution in [0.15, 0.2) is 58.6 Å². The van der Waals surface area contributed by atoms with Crippen molar-refractivity contribution in [2.24, 2.45) is 0 Å². The number of nitro groups is 2. The smallest absolute Gasteiger partial charge is 0.318 e. The summed E-state index contributed by atoms with van der Waals surface area (Å²) in [6.45, 7) is 1.87. The molecule has 0 radical (unpaired) electrons. The van der Waals surface area contributed by atoms with E-state index >= 15 is 0 Å². The SMILES string of the molecule is CCOc1cc(/C=C(\C#N)C(=O)Nc2cc(Cl)ccc2Cl)cc(Br)c1Oc1ccc([N+](=O)[O-])cc1[N+](=O)[O-]. The van der Waals surface area contributed by atoms with Gasteiger partial charge in [-0.3, -0.25) is 25.0 Å². The average Bonchev–Trinajstić information content (AvgIpc) is 2.86. The van der Waals surface area contributed by atoms with E-state index in [1.165, 1.54) is 30.3 Å². The fourth-order valence-electron chi connectivity index (χ4n) is 3.09. The molecule has 3 rings (SSSR count). The molecule has 0 aromatic heterocycles. The number of nitrogens with one attached hydrogen (secondary N) is 1. The highest BCUT2D eigenvalue weighted by atomic mass is 79.9. The van der Waals surface area contributed by atoms with Crippen molar-refractivity contribution in [1.29, 1.82) is 5.26 Å². The molecule has 0 bridgehead atoms. The first-order valence-electron chi connectivity index (χ1n) is 10.5.